The second kappa shape index (κ2) is 4.58. The van der Waals surface area contributed by atoms with Crippen molar-refractivity contribution >= 4 is 5.78 Å². The van der Waals surface area contributed by atoms with E-state index in [0.29, 0.717) is 13.0 Å². The number of fused-ring (bicyclic) bond motifs is 1. The van der Waals surface area contributed by atoms with Gasteiger partial charge in [0, 0.05) is 30.4 Å². The molecule has 3 rings (SSSR count). The standard InChI is InChI=1S/C17H18FNO/c1-17(2)9-15-14(16(20)10-17)6-7-19(15)11-12-4-3-5-13(18)8-12/h3-8H,9-11H2,1-2H3. The van der Waals surface area contributed by atoms with Gasteiger partial charge in [0.2, 0.25) is 0 Å². The van der Waals surface area contributed by atoms with Crippen molar-refractivity contribution in [1.82, 2.24) is 4.57 Å². The number of benzene rings is 1. The molecule has 2 nitrogen and oxygen atoms in total. The number of halogens is 1. The van der Waals surface area contributed by atoms with Crippen LogP contribution in [0.5, 0.6) is 0 Å². The molecule has 0 saturated carbocycles. The molecule has 1 aliphatic carbocycles. The van der Waals surface area contributed by atoms with Crippen molar-refractivity contribution in [3.63, 3.8) is 0 Å². The summed E-state index contributed by atoms with van der Waals surface area (Å²) in [6, 6.07) is 8.51. The highest BCUT2D eigenvalue weighted by molar-refractivity contribution is 5.98. The monoisotopic (exact) mass is 271 g/mol. The van der Waals surface area contributed by atoms with Crippen molar-refractivity contribution in [3.05, 3.63) is 59.2 Å². The van der Waals surface area contributed by atoms with Crippen LogP contribution in [0.1, 0.15) is 41.9 Å². The van der Waals surface area contributed by atoms with Gasteiger partial charge in [-0.25, -0.2) is 4.39 Å². The van der Waals surface area contributed by atoms with E-state index < -0.39 is 0 Å². The van der Waals surface area contributed by atoms with Crippen LogP contribution >= 0.6 is 0 Å². The zero-order valence-electron chi connectivity index (χ0n) is 11.8. The number of nitrogens with zero attached hydrogens (tertiary/aromatic N) is 1. The molecule has 0 atom stereocenters. The lowest BCUT2D eigenvalue weighted by Gasteiger charge is -2.29. The van der Waals surface area contributed by atoms with E-state index in [1.165, 1.54) is 6.07 Å². The maximum atomic E-state index is 13.3. The summed E-state index contributed by atoms with van der Waals surface area (Å²) >= 11 is 0. The van der Waals surface area contributed by atoms with Crippen LogP contribution in [0.15, 0.2) is 36.5 Å². The number of aromatic nitrogens is 1. The summed E-state index contributed by atoms with van der Waals surface area (Å²) in [4.78, 5) is 12.1. The number of carbonyl (C=O) groups is 1. The fourth-order valence-corrected chi connectivity index (χ4v) is 2.98. The lowest BCUT2D eigenvalue weighted by molar-refractivity contribution is 0.0910. The SMILES string of the molecule is CC1(C)CC(=O)c2ccn(Cc3cccc(F)c3)c2C1. The van der Waals surface area contributed by atoms with Gasteiger partial charge < -0.3 is 4.57 Å². The molecule has 0 radical (unpaired) electrons. The molecule has 0 aliphatic heterocycles. The predicted molar refractivity (Wildman–Crippen MR) is 76.4 cm³/mol. The Morgan fingerprint density at radius 3 is 2.80 bits per heavy atom. The van der Waals surface area contributed by atoms with Crippen molar-refractivity contribution in [1.29, 1.82) is 0 Å². The van der Waals surface area contributed by atoms with E-state index in [4.69, 9.17) is 0 Å². The van der Waals surface area contributed by atoms with E-state index in [1.807, 2.05) is 18.3 Å². The molecule has 0 fully saturated rings. The normalized spacial score (nSPS) is 17.1. The predicted octanol–water partition coefficient (Wildman–Crippen LogP) is 3.83. The smallest absolute Gasteiger partial charge is 0.165 e. The zero-order chi connectivity index (χ0) is 14.3. The lowest BCUT2D eigenvalue weighted by Crippen LogP contribution is -2.28. The Morgan fingerprint density at radius 2 is 2.05 bits per heavy atom. The summed E-state index contributed by atoms with van der Waals surface area (Å²) in [5.74, 6) is -0.00540. The molecule has 0 amide bonds. The molecule has 104 valence electrons. The Hall–Kier alpha value is -1.90. The third kappa shape index (κ3) is 2.40. The van der Waals surface area contributed by atoms with Crippen molar-refractivity contribution in [2.24, 2.45) is 5.41 Å². The Morgan fingerprint density at radius 1 is 1.25 bits per heavy atom. The quantitative estimate of drug-likeness (QED) is 0.813. The van der Waals surface area contributed by atoms with Gasteiger partial charge in [0.25, 0.3) is 0 Å². The van der Waals surface area contributed by atoms with Crippen LogP contribution in [0.3, 0.4) is 0 Å². The molecule has 0 N–H and O–H groups in total. The molecule has 20 heavy (non-hydrogen) atoms. The van der Waals surface area contributed by atoms with Crippen molar-refractivity contribution in [2.75, 3.05) is 0 Å². The largest absolute Gasteiger partial charge is 0.346 e. The zero-order valence-corrected chi connectivity index (χ0v) is 11.8. The fourth-order valence-electron chi connectivity index (χ4n) is 2.98. The third-order valence-electron chi connectivity index (χ3n) is 3.91. The van der Waals surface area contributed by atoms with Gasteiger partial charge in [-0.1, -0.05) is 26.0 Å². The number of carbonyl (C=O) groups excluding carboxylic acids is 1. The summed E-state index contributed by atoms with van der Waals surface area (Å²) in [5, 5.41) is 0. The average Bonchev–Trinajstić information content (AvgIpc) is 2.71. The molecule has 3 heteroatoms. The van der Waals surface area contributed by atoms with E-state index in [-0.39, 0.29) is 17.0 Å². The molecule has 0 bridgehead atoms. The van der Waals surface area contributed by atoms with Crippen LogP contribution in [0.25, 0.3) is 0 Å². The van der Waals surface area contributed by atoms with Gasteiger partial charge in [-0.3, -0.25) is 4.79 Å². The van der Waals surface area contributed by atoms with Crippen molar-refractivity contribution < 1.29 is 9.18 Å². The molecule has 1 heterocycles. The molecule has 1 aromatic heterocycles. The van der Waals surface area contributed by atoms with Gasteiger partial charge in [-0.2, -0.15) is 0 Å². The lowest BCUT2D eigenvalue weighted by atomic mass is 9.76. The molecule has 1 aromatic carbocycles. The summed E-state index contributed by atoms with van der Waals surface area (Å²) in [5.41, 5.74) is 2.83. The Kier molecular flexibility index (Phi) is 3.00. The van der Waals surface area contributed by atoms with E-state index in [9.17, 15) is 9.18 Å². The number of hydrogen-bond acceptors (Lipinski definition) is 1. The van der Waals surface area contributed by atoms with E-state index in [1.54, 1.807) is 12.1 Å². The van der Waals surface area contributed by atoms with E-state index in [2.05, 4.69) is 18.4 Å². The van der Waals surface area contributed by atoms with Gasteiger partial charge in [-0.15, -0.1) is 0 Å². The van der Waals surface area contributed by atoms with E-state index >= 15 is 0 Å². The first kappa shape index (κ1) is 13.1. The highest BCUT2D eigenvalue weighted by atomic mass is 19.1. The minimum absolute atomic E-state index is 0.00211. The molecule has 1 aliphatic rings. The Bertz CT molecular complexity index is 669. The minimum Gasteiger partial charge on any atom is -0.346 e. The highest BCUT2D eigenvalue weighted by Gasteiger charge is 2.32. The highest BCUT2D eigenvalue weighted by Crippen LogP contribution is 2.35. The number of rotatable bonds is 2. The molecule has 0 unspecified atom stereocenters. The van der Waals surface area contributed by atoms with Crippen LogP contribution in [-0.2, 0) is 13.0 Å². The average molecular weight is 271 g/mol. The van der Waals surface area contributed by atoms with Gasteiger partial charge in [-0.05, 0) is 35.6 Å². The first-order chi connectivity index (χ1) is 9.44. The van der Waals surface area contributed by atoms with E-state index in [0.717, 1.165) is 23.2 Å². The second-order valence-corrected chi connectivity index (χ2v) is 6.37. The second-order valence-electron chi connectivity index (χ2n) is 6.37. The van der Waals surface area contributed by atoms with Crippen LogP contribution < -0.4 is 0 Å². The Labute approximate surface area is 118 Å². The fraction of sp³-hybridized carbons (Fsp3) is 0.353. The van der Waals surface area contributed by atoms with Gasteiger partial charge >= 0.3 is 0 Å². The summed E-state index contributed by atoms with van der Waals surface area (Å²) in [7, 11) is 0. The first-order valence-electron chi connectivity index (χ1n) is 6.90. The topological polar surface area (TPSA) is 22.0 Å². The number of hydrogen-bond donors (Lipinski definition) is 0. The van der Waals surface area contributed by atoms with Crippen LogP contribution in [0, 0.1) is 11.2 Å². The minimum atomic E-state index is -0.222. The Balaban J connectivity index is 1.95. The summed E-state index contributed by atoms with van der Waals surface area (Å²) in [6.45, 7) is 4.84. The molecule has 2 aromatic rings. The first-order valence-corrected chi connectivity index (χ1v) is 6.90. The van der Waals surface area contributed by atoms with Crippen LogP contribution in [0.4, 0.5) is 4.39 Å². The van der Waals surface area contributed by atoms with Gasteiger partial charge in [0.1, 0.15) is 5.82 Å². The maximum Gasteiger partial charge on any atom is 0.165 e. The molecular formula is C17H18FNO. The summed E-state index contributed by atoms with van der Waals surface area (Å²) < 4.78 is 15.3. The van der Waals surface area contributed by atoms with Crippen molar-refractivity contribution in [2.45, 2.75) is 33.2 Å². The number of ketones is 1. The molecule has 0 spiro atoms. The third-order valence-corrected chi connectivity index (χ3v) is 3.91. The van der Waals surface area contributed by atoms with Gasteiger partial charge in [0.15, 0.2) is 5.78 Å². The maximum absolute atomic E-state index is 13.3. The van der Waals surface area contributed by atoms with Gasteiger partial charge in [0.05, 0.1) is 0 Å². The number of Topliss-reactive ketones (excluding diaryl/α,β-unsaturated/α-hetero) is 1. The molecule has 0 saturated heterocycles. The van der Waals surface area contributed by atoms with Crippen LogP contribution in [-0.4, -0.2) is 10.4 Å². The molecular weight excluding hydrogens is 253 g/mol. The summed E-state index contributed by atoms with van der Waals surface area (Å²) in [6.07, 6.45) is 3.43. The van der Waals surface area contributed by atoms with Crippen molar-refractivity contribution in [3.8, 4) is 0 Å². The van der Waals surface area contributed by atoms with Crippen LogP contribution in [0.2, 0.25) is 0 Å².